The second-order valence-electron chi connectivity index (χ2n) is 18.2. The molecule has 1 saturated carbocycles. The van der Waals surface area contributed by atoms with Gasteiger partial charge in [0.05, 0.1) is 101 Å². The normalized spacial score (nSPS) is 18.4. The average molecular weight is 984 g/mol. The predicted octanol–water partition coefficient (Wildman–Crippen LogP) is 1.26. The summed E-state index contributed by atoms with van der Waals surface area (Å²) in [5.74, 6) is 1.75. The molecule has 388 valence electrons. The largest absolute Gasteiger partial charge is 0.379 e. The van der Waals surface area contributed by atoms with Crippen LogP contribution in [0, 0.1) is 17.8 Å². The number of rotatable bonds is 34. The molecule has 2 fully saturated rings. The summed E-state index contributed by atoms with van der Waals surface area (Å²) in [6.07, 6.45) is 1.35. The summed E-state index contributed by atoms with van der Waals surface area (Å²) in [4.78, 5) is 78.7. The molecule has 1 aliphatic heterocycles. The third-order valence-electron chi connectivity index (χ3n) is 12.9. The number of likely N-dealkylation sites (N-methyl/N-ethyl adjacent to an activating group) is 2. The Labute approximate surface area is 404 Å². The lowest BCUT2D eigenvalue weighted by Crippen LogP contribution is -2.56. The molecular weight excluding hydrogens is 903 g/mol. The fourth-order valence-corrected chi connectivity index (χ4v) is 10.1. The molecule has 3 rings (SSSR count). The second kappa shape index (κ2) is 30.1. The molecule has 68 heavy (non-hydrogen) atoms. The third-order valence-corrected chi connectivity index (χ3v) is 14.7. The molecule has 0 radical (unpaired) electrons. The number of benzene rings is 1. The van der Waals surface area contributed by atoms with Crippen LogP contribution in [-0.2, 0) is 68.9 Å². The first-order valence-electron chi connectivity index (χ1n) is 23.9. The van der Waals surface area contributed by atoms with Crippen molar-refractivity contribution >= 4 is 39.6 Å². The smallest absolute Gasteiger partial charge is 0.256 e. The lowest BCUT2D eigenvalue weighted by Gasteiger charge is -2.39. The summed E-state index contributed by atoms with van der Waals surface area (Å²) >= 11 is 0. The fourth-order valence-electron chi connectivity index (χ4n) is 8.76. The summed E-state index contributed by atoms with van der Waals surface area (Å²) in [5, 5.41) is 5.00. The lowest BCUT2D eigenvalue weighted by atomic mass is 9.90. The van der Waals surface area contributed by atoms with Crippen molar-refractivity contribution in [1.29, 1.82) is 0 Å². The Bertz CT molecular complexity index is 1810. The van der Waals surface area contributed by atoms with Gasteiger partial charge in [-0.15, -0.1) is 0 Å². The van der Waals surface area contributed by atoms with E-state index in [1.807, 2.05) is 45.7 Å². The van der Waals surface area contributed by atoms with Gasteiger partial charge in [-0.05, 0) is 50.1 Å². The first kappa shape index (κ1) is 58.5. The van der Waals surface area contributed by atoms with Crippen LogP contribution in [0.2, 0.25) is 0 Å². The molecule has 1 aromatic carbocycles. The first-order valence-corrected chi connectivity index (χ1v) is 25.5. The number of amides is 5. The van der Waals surface area contributed by atoms with E-state index >= 15 is 0 Å². The molecule has 1 heterocycles. The molecule has 1 aliphatic carbocycles. The first-order chi connectivity index (χ1) is 32.4. The van der Waals surface area contributed by atoms with Crippen LogP contribution in [0.25, 0.3) is 0 Å². The zero-order valence-electron chi connectivity index (χ0n) is 41.8. The van der Waals surface area contributed by atoms with E-state index in [0.29, 0.717) is 91.4 Å². The highest BCUT2D eigenvalue weighted by Crippen LogP contribution is 2.30. The number of nitrogens with zero attached hydrogens (tertiary/aromatic N) is 3. The molecule has 2 aliphatic rings. The van der Waals surface area contributed by atoms with E-state index < -0.39 is 69.4 Å². The standard InChI is InChI=1S/C47H81N7O13S/c1-10-33(4)43(53(7)41(56)31-49-47(59)42(32(2)3)52(6)21-22-64-23-24-65-25-26-66-27-28-67-48)39(62-8)30-40(55)54-20-14-17-38(54)44(63-9)34(5)45(57)50-37(29-35-15-12-11-13-16-35)46(58)51-68(60,61)36-18-19-36/h11-13,15-16,32-34,36-39,42-44H,10,14,17-31,48H2,1-9H3,(H,49,59)(H,50,57)(H,51,58)/t33-,34+,37-,38-,39+,42?,43-,44+/m0/s1. The van der Waals surface area contributed by atoms with Crippen molar-refractivity contribution in [2.24, 2.45) is 23.7 Å². The Kier molecular flexibility index (Phi) is 25.9. The maximum atomic E-state index is 14.3. The van der Waals surface area contributed by atoms with Crippen LogP contribution in [-0.4, -0.2) is 188 Å². The zero-order valence-corrected chi connectivity index (χ0v) is 42.6. The minimum atomic E-state index is -3.87. The SMILES string of the molecule is CC[C@H](C)[C@@H]([C@@H](CC(=O)N1CCC[C@H]1[C@H](OC)[C@@H](C)C(=O)N[C@@H](Cc1ccccc1)C(=O)NS(=O)(=O)C1CC1)OC)N(C)C(=O)CNC(=O)C(C(C)C)N(C)CCOCCOCCOCCON. The van der Waals surface area contributed by atoms with Crippen molar-refractivity contribution < 1.29 is 60.9 Å². The number of methoxy groups -OCH3 is 2. The van der Waals surface area contributed by atoms with Gasteiger partial charge >= 0.3 is 0 Å². The van der Waals surface area contributed by atoms with Gasteiger partial charge in [0.15, 0.2) is 0 Å². The van der Waals surface area contributed by atoms with Crippen LogP contribution in [0.5, 0.6) is 0 Å². The van der Waals surface area contributed by atoms with Crippen LogP contribution in [0.3, 0.4) is 0 Å². The molecule has 1 saturated heterocycles. The van der Waals surface area contributed by atoms with Crippen molar-refractivity contribution in [3.63, 3.8) is 0 Å². The van der Waals surface area contributed by atoms with Crippen LogP contribution < -0.4 is 21.3 Å². The van der Waals surface area contributed by atoms with Crippen molar-refractivity contribution in [1.82, 2.24) is 30.1 Å². The molecule has 1 aromatic rings. The van der Waals surface area contributed by atoms with Gasteiger partial charge in [0.2, 0.25) is 33.7 Å². The van der Waals surface area contributed by atoms with Gasteiger partial charge in [-0.1, -0.05) is 71.4 Å². The summed E-state index contributed by atoms with van der Waals surface area (Å²) in [7, 11) is 2.60. The van der Waals surface area contributed by atoms with Gasteiger partial charge in [0.1, 0.15) is 6.04 Å². The van der Waals surface area contributed by atoms with E-state index in [1.54, 1.807) is 48.0 Å². The van der Waals surface area contributed by atoms with E-state index in [0.717, 1.165) is 5.56 Å². The minimum absolute atomic E-state index is 0.0609. The monoisotopic (exact) mass is 984 g/mol. The van der Waals surface area contributed by atoms with Crippen molar-refractivity contribution in [3.05, 3.63) is 35.9 Å². The quantitative estimate of drug-likeness (QED) is 0.0561. The maximum Gasteiger partial charge on any atom is 0.256 e. The van der Waals surface area contributed by atoms with E-state index in [4.69, 9.17) is 29.6 Å². The van der Waals surface area contributed by atoms with Crippen molar-refractivity contribution in [3.8, 4) is 0 Å². The third kappa shape index (κ3) is 18.5. The van der Waals surface area contributed by atoms with Crippen molar-refractivity contribution in [2.45, 2.75) is 121 Å². The molecule has 5 N–H and O–H groups in total. The number of ether oxygens (including phenoxy) is 5. The van der Waals surface area contributed by atoms with Crippen LogP contribution in [0.15, 0.2) is 30.3 Å². The molecule has 5 amide bonds. The van der Waals surface area contributed by atoms with Gasteiger partial charge in [0, 0.05) is 40.8 Å². The summed E-state index contributed by atoms with van der Waals surface area (Å²) in [6, 6.07) is 6.26. The summed E-state index contributed by atoms with van der Waals surface area (Å²) in [5.41, 5.74) is 0.731. The van der Waals surface area contributed by atoms with E-state index in [9.17, 15) is 32.4 Å². The van der Waals surface area contributed by atoms with Crippen LogP contribution >= 0.6 is 0 Å². The van der Waals surface area contributed by atoms with Gasteiger partial charge in [-0.25, -0.2) is 14.3 Å². The van der Waals surface area contributed by atoms with Gasteiger partial charge in [-0.2, -0.15) is 0 Å². The predicted molar refractivity (Wildman–Crippen MR) is 255 cm³/mol. The highest BCUT2D eigenvalue weighted by molar-refractivity contribution is 7.90. The molecule has 20 nitrogen and oxygen atoms in total. The van der Waals surface area contributed by atoms with Crippen molar-refractivity contribution in [2.75, 3.05) is 94.2 Å². The van der Waals surface area contributed by atoms with Gasteiger partial charge < -0.3 is 49.0 Å². The highest BCUT2D eigenvalue weighted by Gasteiger charge is 2.43. The molecule has 21 heteroatoms. The van der Waals surface area contributed by atoms with Crippen LogP contribution in [0.4, 0.5) is 0 Å². The Morgan fingerprint density at radius 2 is 1.46 bits per heavy atom. The number of carbonyl (C=O) groups excluding carboxylic acids is 5. The molecule has 1 unspecified atom stereocenters. The van der Waals surface area contributed by atoms with Crippen LogP contribution in [0.1, 0.15) is 78.7 Å². The number of hydrogen-bond donors (Lipinski definition) is 4. The highest BCUT2D eigenvalue weighted by atomic mass is 32.2. The molecule has 0 aromatic heterocycles. The van der Waals surface area contributed by atoms with E-state index in [1.165, 1.54) is 14.2 Å². The Balaban J connectivity index is 1.62. The van der Waals surface area contributed by atoms with E-state index in [-0.39, 0.29) is 48.9 Å². The molecule has 0 bridgehead atoms. The minimum Gasteiger partial charge on any atom is -0.379 e. The zero-order chi connectivity index (χ0) is 50.4. The number of nitrogens with one attached hydrogen (secondary N) is 3. The Morgan fingerprint density at radius 3 is 2.01 bits per heavy atom. The maximum absolute atomic E-state index is 14.3. The summed E-state index contributed by atoms with van der Waals surface area (Å²) < 4.78 is 56.0. The van der Waals surface area contributed by atoms with E-state index in [2.05, 4.69) is 20.2 Å². The molecule has 8 atom stereocenters. The molecule has 0 spiro atoms. The number of nitrogens with two attached hydrogens (primary N) is 1. The summed E-state index contributed by atoms with van der Waals surface area (Å²) in [6.45, 7) is 12.8. The van der Waals surface area contributed by atoms with Gasteiger partial charge in [0.25, 0.3) is 5.91 Å². The topological polar surface area (TPSA) is 247 Å². The Morgan fingerprint density at radius 1 is 0.838 bits per heavy atom. The number of carbonyl (C=O) groups is 5. The molecular formula is C47H81N7O13S. The lowest BCUT2D eigenvalue weighted by molar-refractivity contribution is -0.146. The Hall–Kier alpha value is -3.80. The van der Waals surface area contributed by atoms with Gasteiger partial charge in [-0.3, -0.25) is 33.6 Å². The number of likely N-dealkylation sites (tertiary alicyclic amines) is 1. The number of sulfonamides is 1. The fraction of sp³-hybridized carbons (Fsp3) is 0.766. The average Bonchev–Trinajstić information content (AvgIpc) is 4.08. The number of hydrogen-bond acceptors (Lipinski definition) is 15. The second-order valence-corrected chi connectivity index (χ2v) is 20.2.